The van der Waals surface area contributed by atoms with E-state index in [1.54, 1.807) is 34.6 Å². The lowest BCUT2D eigenvalue weighted by Gasteiger charge is -2.33. The Morgan fingerprint density at radius 2 is 1.62 bits per heavy atom. The van der Waals surface area contributed by atoms with E-state index in [1.165, 1.54) is 0 Å². The van der Waals surface area contributed by atoms with Crippen molar-refractivity contribution in [3.63, 3.8) is 0 Å². The van der Waals surface area contributed by atoms with Crippen molar-refractivity contribution in [2.24, 2.45) is 5.41 Å². The maximum absolute atomic E-state index is 12.6. The van der Waals surface area contributed by atoms with Gasteiger partial charge in [0.05, 0.1) is 6.10 Å². The van der Waals surface area contributed by atoms with E-state index in [0.29, 0.717) is 19.4 Å². The summed E-state index contributed by atoms with van der Waals surface area (Å²) in [6.07, 6.45) is 4.12. The van der Waals surface area contributed by atoms with Crippen LogP contribution >= 0.6 is 0 Å². The Balaban J connectivity index is 4.90. The summed E-state index contributed by atoms with van der Waals surface area (Å²) in [7, 11) is 0. The minimum absolute atomic E-state index is 0.000356. The Kier molecular flexibility index (Phi) is 11.8. The van der Waals surface area contributed by atoms with Crippen LogP contribution in [-0.2, 0) is 14.3 Å². The molecule has 0 fully saturated rings. The molecule has 3 N–H and O–H groups in total. The highest BCUT2D eigenvalue weighted by molar-refractivity contribution is 5.81. The number of unbranched alkanes of at least 4 members (excludes halogenated alkanes) is 2. The summed E-state index contributed by atoms with van der Waals surface area (Å²) in [6.45, 7) is 15.4. The van der Waals surface area contributed by atoms with Crippen LogP contribution in [0.4, 0.5) is 4.79 Å². The zero-order valence-electron chi connectivity index (χ0n) is 19.8. The summed E-state index contributed by atoms with van der Waals surface area (Å²) in [5.74, 6) is -0.000356. The Morgan fingerprint density at radius 1 is 1.00 bits per heavy atom. The number of alkyl carbamates (subject to hydrolysis) is 1. The number of carbonyl (C=O) groups excluding carboxylic acids is 2. The lowest BCUT2D eigenvalue weighted by atomic mass is 9.86. The fourth-order valence-corrected chi connectivity index (χ4v) is 2.86. The minimum Gasteiger partial charge on any atom is -0.444 e. The van der Waals surface area contributed by atoms with E-state index in [-0.39, 0.29) is 18.6 Å². The summed E-state index contributed by atoms with van der Waals surface area (Å²) in [6, 6.07) is 0. The number of hydrogen-bond donors (Lipinski definition) is 3. The molecule has 0 heterocycles. The number of amides is 2. The molecule has 29 heavy (non-hydrogen) atoms. The van der Waals surface area contributed by atoms with Crippen LogP contribution < -0.4 is 10.6 Å². The quantitative estimate of drug-likeness (QED) is 0.310. The lowest BCUT2D eigenvalue weighted by Crippen LogP contribution is -2.51. The number of carbonyl (C=O) groups is 2. The molecule has 1 atom stereocenters. The van der Waals surface area contributed by atoms with E-state index in [2.05, 4.69) is 17.6 Å². The molecule has 0 aliphatic rings. The van der Waals surface area contributed by atoms with Crippen molar-refractivity contribution < 1.29 is 24.2 Å². The Labute approximate surface area is 177 Å². The van der Waals surface area contributed by atoms with Crippen LogP contribution in [0.3, 0.4) is 0 Å². The second kappa shape index (κ2) is 12.4. The van der Waals surface area contributed by atoms with Gasteiger partial charge in [-0.2, -0.15) is 0 Å². The summed E-state index contributed by atoms with van der Waals surface area (Å²) in [5, 5.41) is 14.8. The molecule has 7 nitrogen and oxygen atoms in total. The highest BCUT2D eigenvalue weighted by Crippen LogP contribution is 2.23. The van der Waals surface area contributed by atoms with Gasteiger partial charge in [0.15, 0.2) is 0 Å². The van der Waals surface area contributed by atoms with Gasteiger partial charge in [0, 0.05) is 18.6 Å². The maximum atomic E-state index is 12.6. The third-order valence-electron chi connectivity index (χ3n) is 4.46. The van der Waals surface area contributed by atoms with E-state index < -0.39 is 22.8 Å². The van der Waals surface area contributed by atoms with Gasteiger partial charge in [-0.25, -0.2) is 4.79 Å². The maximum Gasteiger partial charge on any atom is 0.409 e. The van der Waals surface area contributed by atoms with E-state index in [0.717, 1.165) is 25.7 Å². The standard InChI is InChI=1S/C22H44N2O5/c1-9-10-14-21(5,6)18(26)23-16-17(13-11-12-15-25)28-22(7,8)24-19(27)29-20(2,3)4/h17,25H,9-16H2,1-8H3,(H,23,26)(H,24,27). The van der Waals surface area contributed by atoms with Crippen LogP contribution in [0.2, 0.25) is 0 Å². The Bertz CT molecular complexity index is 498. The first-order valence-corrected chi connectivity index (χ1v) is 10.8. The summed E-state index contributed by atoms with van der Waals surface area (Å²) < 4.78 is 11.4. The van der Waals surface area contributed by atoms with Gasteiger partial charge in [0.2, 0.25) is 5.91 Å². The normalized spacial score (nSPS) is 13.7. The summed E-state index contributed by atoms with van der Waals surface area (Å²) in [4.78, 5) is 24.7. The van der Waals surface area contributed by atoms with Crippen molar-refractivity contribution in [1.82, 2.24) is 10.6 Å². The average Bonchev–Trinajstić information content (AvgIpc) is 2.54. The molecule has 2 amide bonds. The van der Waals surface area contributed by atoms with Crippen LogP contribution in [0.15, 0.2) is 0 Å². The molecule has 0 rings (SSSR count). The SMILES string of the molecule is CCCCC(C)(C)C(=O)NCC(CCCCO)OC(C)(C)NC(=O)OC(C)(C)C. The van der Waals surface area contributed by atoms with Crippen LogP contribution in [0.25, 0.3) is 0 Å². The predicted molar refractivity (Wildman–Crippen MR) is 116 cm³/mol. The molecule has 0 saturated carbocycles. The summed E-state index contributed by atoms with van der Waals surface area (Å²) >= 11 is 0. The first kappa shape index (κ1) is 27.7. The smallest absolute Gasteiger partial charge is 0.409 e. The number of aliphatic hydroxyl groups excluding tert-OH is 1. The summed E-state index contributed by atoms with van der Waals surface area (Å²) in [5.41, 5.74) is -2.00. The molecular formula is C22H44N2O5. The molecular weight excluding hydrogens is 372 g/mol. The fraction of sp³-hybridized carbons (Fsp3) is 0.909. The number of hydrogen-bond acceptors (Lipinski definition) is 5. The van der Waals surface area contributed by atoms with Crippen molar-refractivity contribution in [2.45, 2.75) is 111 Å². The molecule has 0 aromatic carbocycles. The van der Waals surface area contributed by atoms with Crippen LogP contribution in [0.5, 0.6) is 0 Å². The van der Waals surface area contributed by atoms with E-state index in [9.17, 15) is 9.59 Å². The molecule has 0 spiro atoms. The first-order chi connectivity index (χ1) is 13.2. The second-order valence-electron chi connectivity index (χ2n) is 9.79. The van der Waals surface area contributed by atoms with Crippen molar-refractivity contribution in [2.75, 3.05) is 13.2 Å². The number of ether oxygens (including phenoxy) is 2. The Morgan fingerprint density at radius 3 is 2.14 bits per heavy atom. The van der Waals surface area contributed by atoms with Gasteiger partial charge in [-0.15, -0.1) is 0 Å². The molecule has 0 aromatic rings. The molecule has 7 heteroatoms. The average molecular weight is 417 g/mol. The molecule has 0 radical (unpaired) electrons. The first-order valence-electron chi connectivity index (χ1n) is 10.8. The number of aliphatic hydroxyl groups is 1. The highest BCUT2D eigenvalue weighted by atomic mass is 16.6. The monoisotopic (exact) mass is 416 g/mol. The van der Waals surface area contributed by atoms with Crippen LogP contribution in [0.1, 0.15) is 93.9 Å². The minimum atomic E-state index is -0.964. The van der Waals surface area contributed by atoms with Crippen molar-refractivity contribution in [3.8, 4) is 0 Å². The van der Waals surface area contributed by atoms with Gasteiger partial charge < -0.3 is 19.9 Å². The van der Waals surface area contributed by atoms with Gasteiger partial charge in [0.25, 0.3) is 0 Å². The molecule has 0 aliphatic carbocycles. The van der Waals surface area contributed by atoms with E-state index in [1.807, 2.05) is 13.8 Å². The number of rotatable bonds is 13. The van der Waals surface area contributed by atoms with E-state index >= 15 is 0 Å². The van der Waals surface area contributed by atoms with Crippen molar-refractivity contribution in [1.29, 1.82) is 0 Å². The molecule has 172 valence electrons. The van der Waals surface area contributed by atoms with Crippen molar-refractivity contribution in [3.05, 3.63) is 0 Å². The molecule has 0 saturated heterocycles. The fourth-order valence-electron chi connectivity index (χ4n) is 2.86. The molecule has 0 aromatic heterocycles. The van der Waals surface area contributed by atoms with Gasteiger partial charge in [-0.05, 0) is 60.3 Å². The number of nitrogens with one attached hydrogen (secondary N) is 2. The largest absolute Gasteiger partial charge is 0.444 e. The molecule has 0 aliphatic heterocycles. The lowest BCUT2D eigenvalue weighted by molar-refractivity contribution is -0.132. The van der Waals surface area contributed by atoms with Crippen LogP contribution in [0, 0.1) is 5.41 Å². The third kappa shape index (κ3) is 13.5. The topological polar surface area (TPSA) is 96.9 Å². The third-order valence-corrected chi connectivity index (χ3v) is 4.46. The highest BCUT2D eigenvalue weighted by Gasteiger charge is 2.30. The van der Waals surface area contributed by atoms with Gasteiger partial charge in [-0.1, -0.05) is 33.6 Å². The van der Waals surface area contributed by atoms with Crippen molar-refractivity contribution >= 4 is 12.0 Å². The zero-order chi connectivity index (χ0) is 22.7. The zero-order valence-corrected chi connectivity index (χ0v) is 19.8. The van der Waals surface area contributed by atoms with Crippen LogP contribution in [-0.4, -0.2) is 47.7 Å². The predicted octanol–water partition coefficient (Wildman–Crippen LogP) is 4.13. The Hall–Kier alpha value is -1.34. The second-order valence-corrected chi connectivity index (χ2v) is 9.79. The van der Waals surface area contributed by atoms with E-state index in [4.69, 9.17) is 14.6 Å². The molecule has 0 bridgehead atoms. The van der Waals surface area contributed by atoms with Gasteiger partial charge in [0.1, 0.15) is 11.3 Å². The molecule has 1 unspecified atom stereocenters. The van der Waals surface area contributed by atoms with Gasteiger partial charge >= 0.3 is 6.09 Å². The van der Waals surface area contributed by atoms with Gasteiger partial charge in [-0.3, -0.25) is 10.1 Å².